The molecular formula is C28H28N2O2S. The van der Waals surface area contributed by atoms with Crippen LogP contribution < -0.4 is 15.4 Å². The van der Waals surface area contributed by atoms with Crippen molar-refractivity contribution in [3.05, 3.63) is 95.1 Å². The van der Waals surface area contributed by atoms with Gasteiger partial charge in [0.1, 0.15) is 11.5 Å². The molecule has 5 heteroatoms. The predicted octanol–water partition coefficient (Wildman–Crippen LogP) is 5.56. The molecule has 3 aliphatic rings. The first-order valence-corrected chi connectivity index (χ1v) is 12.2. The number of phenols is 1. The van der Waals surface area contributed by atoms with Gasteiger partial charge in [0.05, 0.1) is 6.04 Å². The Morgan fingerprint density at radius 2 is 1.61 bits per heavy atom. The minimum absolute atomic E-state index is 0.0686. The summed E-state index contributed by atoms with van der Waals surface area (Å²) in [4.78, 5) is 0. The van der Waals surface area contributed by atoms with E-state index in [1.165, 1.54) is 16.7 Å². The molecule has 3 aromatic rings. The minimum atomic E-state index is -0.644. The summed E-state index contributed by atoms with van der Waals surface area (Å²) in [7, 11) is 0. The van der Waals surface area contributed by atoms with Gasteiger partial charge in [-0.05, 0) is 54.7 Å². The molecule has 1 saturated heterocycles. The number of phenolic OH excluding ortho intramolecular Hbond substituents is 1. The first-order chi connectivity index (χ1) is 16.1. The summed E-state index contributed by atoms with van der Waals surface area (Å²) in [6, 6.07) is 25.0. The smallest absolute Gasteiger partial charge is 0.191 e. The third-order valence-electron chi connectivity index (χ3n) is 7.77. The highest BCUT2D eigenvalue weighted by Gasteiger charge is 2.61. The lowest BCUT2D eigenvalue weighted by Gasteiger charge is -2.59. The van der Waals surface area contributed by atoms with Crippen LogP contribution in [0.3, 0.4) is 0 Å². The molecule has 33 heavy (non-hydrogen) atoms. The number of rotatable bonds is 2. The molecule has 1 spiro atoms. The van der Waals surface area contributed by atoms with Crippen molar-refractivity contribution in [2.75, 3.05) is 0 Å². The number of ether oxygens (including phenoxy) is 1. The minimum Gasteiger partial charge on any atom is -0.508 e. The molecule has 0 amide bonds. The molecule has 1 aliphatic carbocycles. The Hall–Kier alpha value is -3.05. The molecule has 0 radical (unpaired) electrons. The van der Waals surface area contributed by atoms with E-state index in [0.29, 0.717) is 5.11 Å². The standard InChI is InChI=1S/C28H28N2O2S/c1-17-15-20(31)16-23-24(17)25(18-9-4-2-5-10-18)21-13-8-14-22-26(19-11-6-3-7-12-19)29-27(33)30-28(21,22)32-23/h2-7,9-12,15-16,21-22,25-26,31H,8,13-14H2,1H3,(H2,29,30,33). The predicted molar refractivity (Wildman–Crippen MR) is 133 cm³/mol. The van der Waals surface area contributed by atoms with E-state index in [2.05, 4.69) is 72.2 Å². The lowest BCUT2D eigenvalue weighted by atomic mass is 9.60. The third kappa shape index (κ3) is 3.21. The number of hydrogen-bond donors (Lipinski definition) is 3. The van der Waals surface area contributed by atoms with Crippen molar-refractivity contribution in [2.45, 2.75) is 43.9 Å². The first kappa shape index (κ1) is 20.5. The van der Waals surface area contributed by atoms with Crippen molar-refractivity contribution in [3.8, 4) is 11.5 Å². The van der Waals surface area contributed by atoms with E-state index in [1.807, 2.05) is 12.1 Å². The second kappa shape index (κ2) is 7.77. The van der Waals surface area contributed by atoms with E-state index >= 15 is 0 Å². The molecule has 2 fully saturated rings. The van der Waals surface area contributed by atoms with E-state index in [-0.39, 0.29) is 29.5 Å². The largest absolute Gasteiger partial charge is 0.508 e. The number of fused-ring (bicyclic) bond motifs is 1. The van der Waals surface area contributed by atoms with Crippen molar-refractivity contribution < 1.29 is 9.84 Å². The Morgan fingerprint density at radius 1 is 0.939 bits per heavy atom. The highest BCUT2D eigenvalue weighted by molar-refractivity contribution is 7.80. The van der Waals surface area contributed by atoms with Crippen LogP contribution in [0.15, 0.2) is 72.8 Å². The van der Waals surface area contributed by atoms with Gasteiger partial charge in [-0.3, -0.25) is 0 Å². The van der Waals surface area contributed by atoms with Crippen LogP contribution in [0.2, 0.25) is 0 Å². The van der Waals surface area contributed by atoms with Crippen LogP contribution in [0.5, 0.6) is 11.5 Å². The quantitative estimate of drug-likeness (QED) is 0.441. The molecule has 5 unspecified atom stereocenters. The molecular weight excluding hydrogens is 428 g/mol. The van der Waals surface area contributed by atoms with Crippen LogP contribution in [0, 0.1) is 18.8 Å². The fraction of sp³-hybridized carbons (Fsp3) is 0.321. The number of nitrogens with one attached hydrogen (secondary N) is 2. The van der Waals surface area contributed by atoms with Crippen LogP contribution in [0.25, 0.3) is 0 Å². The van der Waals surface area contributed by atoms with E-state index < -0.39 is 5.72 Å². The molecule has 2 aliphatic heterocycles. The monoisotopic (exact) mass is 456 g/mol. The average Bonchev–Trinajstić information content (AvgIpc) is 2.82. The van der Waals surface area contributed by atoms with Gasteiger partial charge in [-0.1, -0.05) is 67.1 Å². The number of aromatic hydroxyl groups is 1. The van der Waals surface area contributed by atoms with Crippen molar-refractivity contribution in [1.29, 1.82) is 0 Å². The summed E-state index contributed by atoms with van der Waals surface area (Å²) in [5.74, 6) is 1.54. The van der Waals surface area contributed by atoms with Gasteiger partial charge in [0.15, 0.2) is 10.8 Å². The molecule has 0 bridgehead atoms. The summed E-state index contributed by atoms with van der Waals surface area (Å²) < 4.78 is 6.96. The van der Waals surface area contributed by atoms with Crippen molar-refractivity contribution in [1.82, 2.24) is 10.6 Å². The average molecular weight is 457 g/mol. The third-order valence-corrected chi connectivity index (χ3v) is 7.99. The van der Waals surface area contributed by atoms with Gasteiger partial charge >= 0.3 is 0 Å². The number of benzene rings is 3. The lowest BCUT2D eigenvalue weighted by Crippen LogP contribution is -2.73. The fourth-order valence-corrected chi connectivity index (χ4v) is 6.84. The van der Waals surface area contributed by atoms with E-state index in [4.69, 9.17) is 17.0 Å². The topological polar surface area (TPSA) is 53.5 Å². The van der Waals surface area contributed by atoms with Gasteiger partial charge in [-0.25, -0.2) is 0 Å². The fourth-order valence-electron chi connectivity index (χ4n) is 6.56. The summed E-state index contributed by atoms with van der Waals surface area (Å²) in [6.07, 6.45) is 3.22. The lowest BCUT2D eigenvalue weighted by molar-refractivity contribution is -0.121. The zero-order valence-corrected chi connectivity index (χ0v) is 19.4. The second-order valence-electron chi connectivity index (χ2n) is 9.59. The van der Waals surface area contributed by atoms with Gasteiger partial charge < -0.3 is 20.5 Å². The summed E-state index contributed by atoms with van der Waals surface area (Å²) in [5, 5.41) is 18.3. The molecule has 1 saturated carbocycles. The highest BCUT2D eigenvalue weighted by atomic mass is 32.1. The molecule has 0 aromatic heterocycles. The highest BCUT2D eigenvalue weighted by Crippen LogP contribution is 2.58. The Bertz CT molecular complexity index is 1200. The Labute approximate surface area is 200 Å². The van der Waals surface area contributed by atoms with Crippen LogP contribution in [0.4, 0.5) is 0 Å². The van der Waals surface area contributed by atoms with Crippen molar-refractivity contribution in [2.24, 2.45) is 11.8 Å². The van der Waals surface area contributed by atoms with E-state index in [1.54, 1.807) is 6.07 Å². The SMILES string of the molecule is Cc1cc(O)cc2c1C(c1ccccc1)C1CCCC3C(c4ccccc4)NC(=S)NC31O2. The maximum absolute atomic E-state index is 10.5. The Balaban J connectivity index is 1.56. The van der Waals surface area contributed by atoms with Gasteiger partial charge in [0.2, 0.25) is 0 Å². The molecule has 4 nitrogen and oxygen atoms in total. The number of hydrogen-bond acceptors (Lipinski definition) is 3. The van der Waals surface area contributed by atoms with Crippen molar-refractivity contribution >= 4 is 17.3 Å². The van der Waals surface area contributed by atoms with E-state index in [9.17, 15) is 5.11 Å². The second-order valence-corrected chi connectivity index (χ2v) is 10.00. The zero-order chi connectivity index (χ0) is 22.6. The Morgan fingerprint density at radius 3 is 2.33 bits per heavy atom. The summed E-state index contributed by atoms with van der Waals surface area (Å²) in [5.41, 5.74) is 4.10. The van der Waals surface area contributed by atoms with Crippen LogP contribution >= 0.6 is 12.2 Å². The van der Waals surface area contributed by atoms with Crippen molar-refractivity contribution in [3.63, 3.8) is 0 Å². The maximum atomic E-state index is 10.5. The molecule has 6 rings (SSSR count). The van der Waals surface area contributed by atoms with Crippen LogP contribution in [-0.2, 0) is 0 Å². The Kier molecular flexibility index (Phi) is 4.84. The van der Waals surface area contributed by atoms with Gasteiger partial charge in [0, 0.05) is 29.4 Å². The number of aryl methyl sites for hydroxylation is 1. The summed E-state index contributed by atoms with van der Waals surface area (Å²) in [6.45, 7) is 2.07. The normalized spacial score (nSPS) is 30.0. The number of thiocarbonyl (C=S) groups is 1. The molecule has 3 aromatic carbocycles. The van der Waals surface area contributed by atoms with Crippen LogP contribution in [0.1, 0.15) is 53.5 Å². The summed E-state index contributed by atoms with van der Waals surface area (Å²) >= 11 is 5.77. The molecule has 2 heterocycles. The first-order valence-electron chi connectivity index (χ1n) is 11.8. The molecule has 5 atom stereocenters. The molecule has 168 valence electrons. The van der Waals surface area contributed by atoms with Gasteiger partial charge in [0.25, 0.3) is 0 Å². The zero-order valence-electron chi connectivity index (χ0n) is 18.6. The van der Waals surface area contributed by atoms with E-state index in [0.717, 1.165) is 30.6 Å². The van der Waals surface area contributed by atoms with Crippen LogP contribution in [-0.4, -0.2) is 15.9 Å². The molecule has 3 N–H and O–H groups in total. The van der Waals surface area contributed by atoms with Gasteiger partial charge in [-0.15, -0.1) is 0 Å². The maximum Gasteiger partial charge on any atom is 0.191 e. The van der Waals surface area contributed by atoms with Gasteiger partial charge in [-0.2, -0.15) is 0 Å².